The van der Waals surface area contributed by atoms with Gasteiger partial charge in [0.2, 0.25) is 5.91 Å². The van der Waals surface area contributed by atoms with Crippen molar-refractivity contribution in [3.63, 3.8) is 0 Å². The number of alkyl halides is 1. The van der Waals surface area contributed by atoms with Gasteiger partial charge in [0.15, 0.2) is 5.78 Å². The second-order valence-corrected chi connectivity index (χ2v) is 6.69. The molecule has 0 aliphatic rings. The van der Waals surface area contributed by atoms with Gasteiger partial charge >= 0.3 is 0 Å². The van der Waals surface area contributed by atoms with Gasteiger partial charge in [0, 0.05) is 12.8 Å². The van der Waals surface area contributed by atoms with Crippen LogP contribution in [0.1, 0.15) is 34.1 Å². The Morgan fingerprint density at radius 3 is 1.83 bits per heavy atom. The van der Waals surface area contributed by atoms with E-state index in [1.807, 2.05) is 13.8 Å². The number of ether oxygens (including phenoxy) is 5. The van der Waals surface area contributed by atoms with Crippen LogP contribution < -0.4 is 5.32 Å². The number of rotatable bonds is 20. The first-order valence-corrected chi connectivity index (χ1v) is 10.2. The second kappa shape index (κ2) is 18.9. The van der Waals surface area contributed by atoms with Gasteiger partial charge in [-0.2, -0.15) is 0 Å². The van der Waals surface area contributed by atoms with E-state index < -0.39 is 12.3 Å². The number of Topliss-reactive ketones (excluding diaryl/α,β-unsaturated/α-hetero) is 1. The molecule has 29 heavy (non-hydrogen) atoms. The third-order valence-electron chi connectivity index (χ3n) is 4.19. The first kappa shape index (κ1) is 27.9. The van der Waals surface area contributed by atoms with Crippen LogP contribution in [0.15, 0.2) is 0 Å². The molecule has 0 rings (SSSR count). The number of amides is 1. The maximum absolute atomic E-state index is 13.6. The lowest BCUT2D eigenvalue weighted by Crippen LogP contribution is -2.35. The highest BCUT2D eigenvalue weighted by Crippen LogP contribution is 2.03. The molecule has 0 aromatic rings. The van der Waals surface area contributed by atoms with E-state index in [-0.39, 0.29) is 37.4 Å². The molecular formula is C20H38FNO7. The van der Waals surface area contributed by atoms with Crippen molar-refractivity contribution >= 4 is 11.7 Å². The molecule has 0 fully saturated rings. The minimum absolute atomic E-state index is 0.0390. The average Bonchev–Trinajstić information content (AvgIpc) is 2.70. The first-order valence-electron chi connectivity index (χ1n) is 10.2. The topological polar surface area (TPSA) is 92.3 Å². The summed E-state index contributed by atoms with van der Waals surface area (Å²) in [7, 11) is 0. The summed E-state index contributed by atoms with van der Waals surface area (Å²) < 4.78 is 40.3. The van der Waals surface area contributed by atoms with Gasteiger partial charge < -0.3 is 29.0 Å². The van der Waals surface area contributed by atoms with Crippen LogP contribution in [0.2, 0.25) is 0 Å². The van der Waals surface area contributed by atoms with Crippen molar-refractivity contribution in [2.45, 2.75) is 46.4 Å². The summed E-state index contributed by atoms with van der Waals surface area (Å²) in [6, 6.07) is 0. The highest BCUT2D eigenvalue weighted by atomic mass is 19.1. The Labute approximate surface area is 173 Å². The lowest BCUT2D eigenvalue weighted by Gasteiger charge is -2.17. The second-order valence-electron chi connectivity index (χ2n) is 6.69. The largest absolute Gasteiger partial charge is 0.377 e. The van der Waals surface area contributed by atoms with Crippen molar-refractivity contribution in [2.75, 3.05) is 66.0 Å². The Balaban J connectivity index is 3.31. The van der Waals surface area contributed by atoms with Gasteiger partial charge in [0.1, 0.15) is 12.8 Å². The molecule has 0 aromatic heterocycles. The maximum atomic E-state index is 13.6. The molecule has 1 amide bonds. The fourth-order valence-electron chi connectivity index (χ4n) is 2.01. The highest BCUT2D eigenvalue weighted by Gasteiger charge is 2.16. The van der Waals surface area contributed by atoms with Crippen molar-refractivity contribution in [1.82, 2.24) is 5.32 Å². The third-order valence-corrected chi connectivity index (χ3v) is 4.19. The van der Waals surface area contributed by atoms with Crippen LogP contribution in [0, 0.1) is 5.92 Å². The van der Waals surface area contributed by atoms with Gasteiger partial charge in [-0.1, -0.05) is 13.8 Å². The molecule has 1 N–H and O–H groups in total. The van der Waals surface area contributed by atoms with Crippen molar-refractivity contribution in [3.8, 4) is 0 Å². The molecule has 8 nitrogen and oxygen atoms in total. The maximum Gasteiger partial charge on any atom is 0.216 e. The van der Waals surface area contributed by atoms with E-state index >= 15 is 0 Å². The predicted octanol–water partition coefficient (Wildman–Crippen LogP) is 1.55. The Bertz CT molecular complexity index is 426. The van der Waals surface area contributed by atoms with Crippen molar-refractivity contribution in [3.05, 3.63) is 0 Å². The molecule has 3 atom stereocenters. The number of nitrogens with one attached hydrogen (secondary N) is 1. The van der Waals surface area contributed by atoms with Gasteiger partial charge in [-0.25, -0.2) is 4.39 Å². The van der Waals surface area contributed by atoms with Crippen LogP contribution in [-0.4, -0.2) is 90.0 Å². The molecule has 172 valence electrons. The standard InChI is InChI=1S/C20H38FNO7/c1-5-16(2)20(24)15-28-11-10-26-7-6-25-8-9-27-12-13-29-17(3)19(21)14-22-18(4)23/h16-17,19H,5-15H2,1-4H3,(H,22,23). The van der Waals surface area contributed by atoms with E-state index in [4.69, 9.17) is 23.7 Å². The smallest absolute Gasteiger partial charge is 0.216 e. The Morgan fingerprint density at radius 2 is 1.34 bits per heavy atom. The lowest BCUT2D eigenvalue weighted by molar-refractivity contribution is -0.127. The van der Waals surface area contributed by atoms with Crippen LogP contribution in [0.25, 0.3) is 0 Å². The van der Waals surface area contributed by atoms with E-state index in [0.29, 0.717) is 46.2 Å². The molecule has 0 saturated heterocycles. The van der Waals surface area contributed by atoms with E-state index in [0.717, 1.165) is 6.42 Å². The number of ketones is 1. The fraction of sp³-hybridized carbons (Fsp3) is 0.900. The van der Waals surface area contributed by atoms with Gasteiger partial charge in [-0.3, -0.25) is 9.59 Å². The lowest BCUT2D eigenvalue weighted by atomic mass is 10.1. The summed E-state index contributed by atoms with van der Waals surface area (Å²) >= 11 is 0. The van der Waals surface area contributed by atoms with Crippen molar-refractivity contribution in [1.29, 1.82) is 0 Å². The molecule has 0 saturated carbocycles. The van der Waals surface area contributed by atoms with Crippen LogP contribution in [0.5, 0.6) is 0 Å². The molecular weight excluding hydrogens is 385 g/mol. The van der Waals surface area contributed by atoms with Crippen LogP contribution in [0.4, 0.5) is 4.39 Å². The molecule has 0 aliphatic carbocycles. The number of hydrogen-bond acceptors (Lipinski definition) is 7. The van der Waals surface area contributed by atoms with E-state index in [1.165, 1.54) is 6.92 Å². The zero-order valence-corrected chi connectivity index (χ0v) is 18.2. The Morgan fingerprint density at radius 1 is 0.862 bits per heavy atom. The van der Waals surface area contributed by atoms with Crippen molar-refractivity contribution < 1.29 is 37.7 Å². The minimum Gasteiger partial charge on any atom is -0.377 e. The van der Waals surface area contributed by atoms with Crippen LogP contribution in [-0.2, 0) is 33.3 Å². The zero-order valence-electron chi connectivity index (χ0n) is 18.2. The van der Waals surface area contributed by atoms with Crippen molar-refractivity contribution in [2.24, 2.45) is 5.92 Å². The molecule has 0 aromatic carbocycles. The Hall–Kier alpha value is -1.13. The number of carbonyl (C=O) groups is 2. The molecule has 0 radical (unpaired) electrons. The highest BCUT2D eigenvalue weighted by molar-refractivity contribution is 5.81. The third kappa shape index (κ3) is 17.4. The predicted molar refractivity (Wildman–Crippen MR) is 107 cm³/mol. The van der Waals surface area contributed by atoms with Gasteiger partial charge in [0.05, 0.1) is 65.5 Å². The number of halogens is 1. The summed E-state index contributed by atoms with van der Waals surface area (Å²) in [5, 5.41) is 2.41. The SMILES string of the molecule is CCC(C)C(=O)COCCOCCOCCOCCOC(C)C(F)CNC(C)=O. The molecule has 0 spiro atoms. The minimum atomic E-state index is -1.26. The van der Waals surface area contributed by atoms with Gasteiger partial charge in [-0.15, -0.1) is 0 Å². The molecule has 0 heterocycles. The van der Waals surface area contributed by atoms with Gasteiger partial charge in [-0.05, 0) is 13.3 Å². The van der Waals surface area contributed by atoms with Crippen LogP contribution in [0.3, 0.4) is 0 Å². The zero-order chi connectivity index (χ0) is 21.9. The summed E-state index contributed by atoms with van der Waals surface area (Å²) in [5.41, 5.74) is 0. The van der Waals surface area contributed by atoms with Crippen LogP contribution >= 0.6 is 0 Å². The van der Waals surface area contributed by atoms with E-state index in [1.54, 1.807) is 6.92 Å². The number of carbonyl (C=O) groups excluding carboxylic acids is 2. The summed E-state index contributed by atoms with van der Waals surface area (Å²) in [4.78, 5) is 22.3. The molecule has 0 aliphatic heterocycles. The van der Waals surface area contributed by atoms with E-state index in [9.17, 15) is 14.0 Å². The molecule has 9 heteroatoms. The van der Waals surface area contributed by atoms with E-state index in [2.05, 4.69) is 5.32 Å². The summed E-state index contributed by atoms with van der Waals surface area (Å²) in [6.45, 7) is 10.0. The Kier molecular flexibility index (Phi) is 18.1. The number of hydrogen-bond donors (Lipinski definition) is 1. The fourth-order valence-corrected chi connectivity index (χ4v) is 2.01. The summed E-state index contributed by atoms with van der Waals surface area (Å²) in [6.07, 6.45) is -1.05. The summed E-state index contributed by atoms with van der Waals surface area (Å²) in [5.74, 6) is -0.113. The first-order chi connectivity index (χ1) is 13.9. The normalized spacial score (nSPS) is 14.4. The molecule has 3 unspecified atom stereocenters. The quantitative estimate of drug-likeness (QED) is 0.297. The monoisotopic (exact) mass is 423 g/mol. The van der Waals surface area contributed by atoms with Gasteiger partial charge in [0.25, 0.3) is 0 Å². The molecule has 0 bridgehead atoms. The average molecular weight is 424 g/mol.